The Balaban J connectivity index is 1.59. The third-order valence-corrected chi connectivity index (χ3v) is 4.80. The molecular formula is C21H15N5O3. The zero-order valence-corrected chi connectivity index (χ0v) is 15.2. The maximum Gasteiger partial charge on any atom is 0.280 e. The minimum absolute atomic E-state index is 0.0788. The lowest BCUT2D eigenvalue weighted by Crippen LogP contribution is -2.31. The van der Waals surface area contributed by atoms with Crippen LogP contribution in [0.1, 0.15) is 42.2 Å². The summed E-state index contributed by atoms with van der Waals surface area (Å²) in [6.07, 6.45) is 1.74. The quantitative estimate of drug-likeness (QED) is 0.684. The number of amides is 2. The molecule has 0 bridgehead atoms. The van der Waals surface area contributed by atoms with E-state index >= 15 is 0 Å². The molecule has 0 fully saturated rings. The van der Waals surface area contributed by atoms with Crippen molar-refractivity contribution in [3.63, 3.8) is 0 Å². The van der Waals surface area contributed by atoms with E-state index in [1.54, 1.807) is 0 Å². The van der Waals surface area contributed by atoms with Crippen molar-refractivity contribution in [3.05, 3.63) is 82.5 Å². The first kappa shape index (κ1) is 18.1. The molecule has 1 aliphatic rings. The highest BCUT2D eigenvalue weighted by Crippen LogP contribution is 2.25. The van der Waals surface area contributed by atoms with Gasteiger partial charge in [-0.1, -0.05) is 30.3 Å². The monoisotopic (exact) mass is 385 g/mol. The van der Waals surface area contributed by atoms with Gasteiger partial charge in [0.15, 0.2) is 0 Å². The molecule has 0 spiro atoms. The summed E-state index contributed by atoms with van der Waals surface area (Å²) in [5.41, 5.74) is 7.43. The molecule has 29 heavy (non-hydrogen) atoms. The summed E-state index contributed by atoms with van der Waals surface area (Å²) in [6, 6.07) is 15.7. The Morgan fingerprint density at radius 3 is 2.48 bits per heavy atom. The third-order valence-electron chi connectivity index (χ3n) is 4.80. The Morgan fingerprint density at radius 1 is 1.07 bits per heavy atom. The minimum Gasteiger partial charge on any atom is -0.382 e. The van der Waals surface area contributed by atoms with Crippen LogP contribution in [0.15, 0.2) is 54.7 Å². The van der Waals surface area contributed by atoms with Gasteiger partial charge in [0.25, 0.3) is 17.7 Å². The van der Waals surface area contributed by atoms with Gasteiger partial charge in [-0.05, 0) is 30.2 Å². The van der Waals surface area contributed by atoms with Crippen LogP contribution in [0.4, 0.5) is 5.82 Å². The summed E-state index contributed by atoms with van der Waals surface area (Å²) >= 11 is 0. The first-order valence-corrected chi connectivity index (χ1v) is 8.83. The van der Waals surface area contributed by atoms with Crippen molar-refractivity contribution in [2.24, 2.45) is 0 Å². The molecule has 0 radical (unpaired) electrons. The van der Waals surface area contributed by atoms with Crippen LogP contribution in [-0.2, 0) is 6.42 Å². The maximum absolute atomic E-state index is 12.8. The van der Waals surface area contributed by atoms with Gasteiger partial charge in [0.05, 0.1) is 17.3 Å². The minimum atomic E-state index is -0.588. The fourth-order valence-electron chi connectivity index (χ4n) is 3.24. The molecule has 2 N–H and O–H groups in total. The van der Waals surface area contributed by atoms with Gasteiger partial charge < -0.3 is 5.73 Å². The molecule has 2 heterocycles. The predicted molar refractivity (Wildman–Crippen MR) is 103 cm³/mol. The number of nitrogens with two attached hydrogens (primary N) is 1. The van der Waals surface area contributed by atoms with Gasteiger partial charge in [0, 0.05) is 12.1 Å². The summed E-state index contributed by atoms with van der Waals surface area (Å²) in [4.78, 5) is 39.2. The van der Waals surface area contributed by atoms with Gasteiger partial charge >= 0.3 is 0 Å². The highest BCUT2D eigenvalue weighted by atomic mass is 16.2. The van der Waals surface area contributed by atoms with E-state index in [1.165, 1.54) is 29.3 Å². The van der Waals surface area contributed by atoms with E-state index in [2.05, 4.69) is 5.10 Å². The number of carbonyl (C=O) groups excluding carboxylic acids is 3. The van der Waals surface area contributed by atoms with Crippen LogP contribution in [0.5, 0.6) is 0 Å². The zero-order chi connectivity index (χ0) is 20.5. The van der Waals surface area contributed by atoms with Gasteiger partial charge in [-0.25, -0.2) is 0 Å². The summed E-state index contributed by atoms with van der Waals surface area (Å²) in [5, 5.41) is 12.8. The zero-order valence-electron chi connectivity index (χ0n) is 15.2. The Bertz CT molecular complexity index is 1190. The van der Waals surface area contributed by atoms with Crippen molar-refractivity contribution < 1.29 is 14.4 Å². The van der Waals surface area contributed by atoms with Crippen molar-refractivity contribution in [1.29, 1.82) is 5.26 Å². The number of nitriles is 1. The molecule has 4 rings (SSSR count). The van der Waals surface area contributed by atoms with Crippen molar-refractivity contribution >= 4 is 23.5 Å². The first-order chi connectivity index (χ1) is 14.0. The summed E-state index contributed by atoms with van der Waals surface area (Å²) in [7, 11) is 0. The first-order valence-electron chi connectivity index (χ1n) is 8.83. The number of benzene rings is 2. The van der Waals surface area contributed by atoms with E-state index in [4.69, 9.17) is 11.0 Å². The largest absolute Gasteiger partial charge is 0.382 e. The lowest BCUT2D eigenvalue weighted by molar-refractivity contribution is 0.0656. The molecule has 0 saturated heterocycles. The van der Waals surface area contributed by atoms with Crippen LogP contribution in [0.25, 0.3) is 0 Å². The summed E-state index contributed by atoms with van der Waals surface area (Å²) in [6.45, 7) is 0.247. The molecule has 1 aromatic heterocycles. The fourth-order valence-corrected chi connectivity index (χ4v) is 3.24. The lowest BCUT2D eigenvalue weighted by atomic mass is 10.1. The molecule has 3 aromatic rings. The molecule has 2 aromatic carbocycles. The molecule has 8 nitrogen and oxygen atoms in total. The number of nitrogens with zero attached hydrogens (tertiary/aromatic N) is 4. The molecule has 142 valence electrons. The van der Waals surface area contributed by atoms with Crippen LogP contribution in [0.3, 0.4) is 0 Å². The second-order valence-corrected chi connectivity index (χ2v) is 6.53. The van der Waals surface area contributed by atoms with E-state index in [0.717, 1.165) is 10.2 Å². The van der Waals surface area contributed by atoms with E-state index in [9.17, 15) is 14.4 Å². The number of fused-ring (bicyclic) bond motifs is 1. The van der Waals surface area contributed by atoms with Crippen LogP contribution in [0.2, 0.25) is 0 Å². The maximum atomic E-state index is 12.8. The average Bonchev–Trinajstić information content (AvgIpc) is 3.23. The number of hydrogen-bond donors (Lipinski definition) is 1. The van der Waals surface area contributed by atoms with Crippen LogP contribution in [-0.4, -0.2) is 38.9 Å². The van der Waals surface area contributed by atoms with Crippen molar-refractivity contribution in [2.45, 2.75) is 6.42 Å². The van der Waals surface area contributed by atoms with Crippen LogP contribution in [0, 0.1) is 11.3 Å². The van der Waals surface area contributed by atoms with Gasteiger partial charge in [0.2, 0.25) is 0 Å². The Labute approximate surface area is 165 Å². The Hall–Kier alpha value is -4.25. The summed E-state index contributed by atoms with van der Waals surface area (Å²) < 4.78 is 0.898. The van der Waals surface area contributed by atoms with E-state index in [0.29, 0.717) is 6.42 Å². The lowest BCUT2D eigenvalue weighted by Gasteiger charge is -2.13. The highest BCUT2D eigenvalue weighted by Gasteiger charge is 2.35. The van der Waals surface area contributed by atoms with Crippen molar-refractivity contribution in [2.75, 3.05) is 12.3 Å². The molecule has 2 amide bonds. The molecular weight excluding hydrogens is 370 g/mol. The molecule has 0 unspecified atom stereocenters. The van der Waals surface area contributed by atoms with Gasteiger partial charge in [-0.15, -0.1) is 0 Å². The summed E-state index contributed by atoms with van der Waals surface area (Å²) in [5.74, 6) is -1.49. The third kappa shape index (κ3) is 3.04. The number of rotatable bonds is 4. The Kier molecular flexibility index (Phi) is 4.41. The van der Waals surface area contributed by atoms with Crippen LogP contribution < -0.4 is 5.73 Å². The SMILES string of the molecule is N#Cc1cnn(C(=O)c2ccc3c(c2)C(=O)N(CCc2ccccc2)C3=O)c1N. The average molecular weight is 385 g/mol. The van der Waals surface area contributed by atoms with Gasteiger partial charge in [-0.3, -0.25) is 19.3 Å². The standard InChI is InChI=1S/C21H15N5O3/c22-11-15-12-24-26(18(15)23)19(27)14-6-7-16-17(10-14)21(29)25(20(16)28)9-8-13-4-2-1-3-5-13/h1-7,10,12H,8-9,23H2. The number of aromatic nitrogens is 2. The molecule has 8 heteroatoms. The number of carbonyl (C=O) groups is 3. The van der Waals surface area contributed by atoms with Gasteiger partial charge in [0.1, 0.15) is 17.5 Å². The predicted octanol–water partition coefficient (Wildman–Crippen LogP) is 1.86. The fraction of sp³-hybridized carbons (Fsp3) is 0.0952. The number of anilines is 1. The number of imide groups is 1. The number of hydrogen-bond acceptors (Lipinski definition) is 6. The molecule has 1 aliphatic heterocycles. The molecule has 0 aliphatic carbocycles. The smallest absolute Gasteiger partial charge is 0.280 e. The molecule has 0 saturated carbocycles. The normalized spacial score (nSPS) is 12.7. The van der Waals surface area contributed by atoms with Gasteiger partial charge in [-0.2, -0.15) is 15.0 Å². The van der Waals surface area contributed by atoms with E-state index in [1.807, 2.05) is 36.4 Å². The van der Waals surface area contributed by atoms with E-state index < -0.39 is 11.8 Å². The molecule has 0 atom stereocenters. The van der Waals surface area contributed by atoms with Crippen molar-refractivity contribution in [3.8, 4) is 6.07 Å². The second kappa shape index (κ2) is 7.05. The van der Waals surface area contributed by atoms with Crippen LogP contribution >= 0.6 is 0 Å². The second-order valence-electron chi connectivity index (χ2n) is 6.53. The van der Waals surface area contributed by atoms with Crippen molar-refractivity contribution in [1.82, 2.24) is 14.7 Å². The highest BCUT2D eigenvalue weighted by molar-refractivity contribution is 6.22. The number of nitrogen functional groups attached to an aromatic ring is 1. The Morgan fingerprint density at radius 2 is 1.79 bits per heavy atom. The van der Waals surface area contributed by atoms with E-state index in [-0.39, 0.29) is 40.5 Å². The topological polar surface area (TPSA) is 122 Å².